The van der Waals surface area contributed by atoms with Crippen LogP contribution < -0.4 is 20.4 Å². The van der Waals surface area contributed by atoms with Gasteiger partial charge in [0, 0.05) is 71.9 Å². The van der Waals surface area contributed by atoms with Crippen molar-refractivity contribution in [2.24, 2.45) is 10.8 Å². The van der Waals surface area contributed by atoms with Crippen molar-refractivity contribution in [3.8, 4) is 11.5 Å². The Labute approximate surface area is 211 Å². The van der Waals surface area contributed by atoms with Crippen molar-refractivity contribution in [1.29, 1.82) is 0 Å². The third-order valence-corrected chi connectivity index (χ3v) is 8.25. The minimum Gasteiger partial charge on any atom is -0.508 e. The molecular formula is C29H44N4O2. The van der Waals surface area contributed by atoms with Crippen molar-refractivity contribution in [1.82, 2.24) is 10.6 Å². The number of fused-ring (bicyclic) bond motifs is 6. The van der Waals surface area contributed by atoms with E-state index in [0.29, 0.717) is 36.7 Å². The number of anilines is 2. The summed E-state index contributed by atoms with van der Waals surface area (Å²) < 4.78 is 0. The average molecular weight is 481 g/mol. The van der Waals surface area contributed by atoms with E-state index in [0.717, 1.165) is 30.9 Å². The molecule has 0 spiro atoms. The van der Waals surface area contributed by atoms with E-state index in [1.54, 1.807) is 0 Å². The molecule has 2 aromatic carbocycles. The van der Waals surface area contributed by atoms with Gasteiger partial charge in [-0.05, 0) is 48.9 Å². The minimum atomic E-state index is 0.143. The number of phenols is 2. The Bertz CT molecular complexity index is 998. The van der Waals surface area contributed by atoms with Crippen molar-refractivity contribution >= 4 is 11.4 Å². The van der Waals surface area contributed by atoms with Crippen molar-refractivity contribution in [2.75, 3.05) is 16.5 Å². The lowest BCUT2D eigenvalue weighted by atomic mass is 9.87. The Balaban J connectivity index is 1.63. The lowest BCUT2D eigenvalue weighted by Crippen LogP contribution is -2.47. The van der Waals surface area contributed by atoms with Crippen molar-refractivity contribution < 1.29 is 10.2 Å². The SMILES string of the molecule is CC(NCc1c(O)ccc2c1CN1CN2Cc2c1ccc(O)c2CNC(C)C(C)(C)C)C(C)(C)C. The van der Waals surface area contributed by atoms with Gasteiger partial charge in [-0.1, -0.05) is 41.5 Å². The third kappa shape index (κ3) is 5.10. The molecule has 0 saturated heterocycles. The van der Waals surface area contributed by atoms with Gasteiger partial charge in [0.2, 0.25) is 0 Å². The quantitative estimate of drug-likeness (QED) is 0.441. The zero-order valence-corrected chi connectivity index (χ0v) is 22.8. The first-order valence-corrected chi connectivity index (χ1v) is 12.9. The second-order valence-corrected chi connectivity index (χ2v) is 12.6. The molecular weight excluding hydrogens is 436 g/mol. The summed E-state index contributed by atoms with van der Waals surface area (Å²) in [6.45, 7) is 21.3. The summed E-state index contributed by atoms with van der Waals surface area (Å²) in [5, 5.41) is 28.8. The molecule has 2 aliphatic heterocycles. The van der Waals surface area contributed by atoms with Crippen molar-refractivity contribution in [3.05, 3.63) is 46.5 Å². The maximum atomic E-state index is 10.8. The van der Waals surface area contributed by atoms with Crippen LogP contribution in [0.25, 0.3) is 0 Å². The second-order valence-electron chi connectivity index (χ2n) is 12.6. The zero-order chi connectivity index (χ0) is 25.7. The van der Waals surface area contributed by atoms with Gasteiger partial charge in [0.15, 0.2) is 0 Å². The van der Waals surface area contributed by atoms with Crippen LogP contribution in [0.4, 0.5) is 11.4 Å². The molecule has 2 unspecified atom stereocenters. The lowest BCUT2D eigenvalue weighted by Gasteiger charge is -2.46. The summed E-state index contributed by atoms with van der Waals surface area (Å²) in [6, 6.07) is 8.39. The van der Waals surface area contributed by atoms with Crippen LogP contribution in [0.3, 0.4) is 0 Å². The van der Waals surface area contributed by atoms with E-state index in [-0.39, 0.29) is 10.8 Å². The van der Waals surface area contributed by atoms with Crippen LogP contribution in [-0.4, -0.2) is 29.0 Å². The summed E-state index contributed by atoms with van der Waals surface area (Å²) in [5.41, 5.74) is 6.97. The Morgan fingerprint density at radius 1 is 0.714 bits per heavy atom. The van der Waals surface area contributed by atoms with E-state index < -0.39 is 0 Å². The number of benzene rings is 2. The fraction of sp³-hybridized carbons (Fsp3) is 0.586. The molecule has 2 heterocycles. The Hall–Kier alpha value is -2.44. The fourth-order valence-corrected chi connectivity index (χ4v) is 4.81. The molecule has 0 aliphatic carbocycles. The number of rotatable bonds is 6. The Morgan fingerprint density at radius 2 is 1.09 bits per heavy atom. The van der Waals surface area contributed by atoms with Gasteiger partial charge in [-0.15, -0.1) is 0 Å². The molecule has 6 heteroatoms. The first kappa shape index (κ1) is 25.6. The number of aromatic hydroxyl groups is 2. The summed E-state index contributed by atoms with van der Waals surface area (Å²) >= 11 is 0. The van der Waals surface area contributed by atoms with Crippen LogP contribution in [-0.2, 0) is 26.2 Å². The predicted octanol–water partition coefficient (Wildman–Crippen LogP) is 5.44. The average Bonchev–Trinajstić information content (AvgIpc) is 2.76. The van der Waals surface area contributed by atoms with Crippen LogP contribution in [0, 0.1) is 10.8 Å². The third-order valence-electron chi connectivity index (χ3n) is 8.25. The highest BCUT2D eigenvalue weighted by Crippen LogP contribution is 2.44. The van der Waals surface area contributed by atoms with Crippen LogP contribution in [0.2, 0.25) is 0 Å². The molecule has 35 heavy (non-hydrogen) atoms. The summed E-state index contributed by atoms with van der Waals surface area (Å²) in [4.78, 5) is 4.74. The van der Waals surface area contributed by atoms with Gasteiger partial charge in [-0.25, -0.2) is 0 Å². The highest BCUT2D eigenvalue weighted by molar-refractivity contribution is 5.72. The van der Waals surface area contributed by atoms with Gasteiger partial charge in [0.1, 0.15) is 11.5 Å². The van der Waals surface area contributed by atoms with Crippen LogP contribution in [0.5, 0.6) is 11.5 Å². The van der Waals surface area contributed by atoms with Crippen LogP contribution in [0.15, 0.2) is 24.3 Å². The number of phenolic OH excluding ortho intramolecular Hbond substituents is 2. The van der Waals surface area contributed by atoms with Gasteiger partial charge < -0.3 is 30.6 Å². The van der Waals surface area contributed by atoms with Crippen LogP contribution in [0.1, 0.15) is 77.6 Å². The minimum absolute atomic E-state index is 0.143. The predicted molar refractivity (Wildman–Crippen MR) is 145 cm³/mol. The van der Waals surface area contributed by atoms with E-state index in [2.05, 4.69) is 75.8 Å². The smallest absolute Gasteiger partial charge is 0.120 e. The molecule has 0 aromatic heterocycles. The van der Waals surface area contributed by atoms with Gasteiger partial charge in [0.25, 0.3) is 0 Å². The van der Waals surface area contributed by atoms with E-state index in [9.17, 15) is 10.2 Å². The molecule has 4 N–H and O–H groups in total. The monoisotopic (exact) mass is 480 g/mol. The summed E-state index contributed by atoms with van der Waals surface area (Å²) in [7, 11) is 0. The van der Waals surface area contributed by atoms with E-state index in [4.69, 9.17) is 0 Å². The Kier molecular flexibility index (Phi) is 6.75. The molecule has 0 fully saturated rings. The summed E-state index contributed by atoms with van der Waals surface area (Å²) in [5.74, 6) is 0.707. The molecule has 0 saturated carbocycles. The number of nitrogens with one attached hydrogen (secondary N) is 2. The van der Waals surface area contributed by atoms with Gasteiger partial charge >= 0.3 is 0 Å². The number of hydrogen-bond acceptors (Lipinski definition) is 6. The largest absolute Gasteiger partial charge is 0.508 e. The highest BCUT2D eigenvalue weighted by atomic mass is 16.3. The lowest BCUT2D eigenvalue weighted by molar-refractivity contribution is 0.283. The number of hydrogen-bond donors (Lipinski definition) is 4. The van der Waals surface area contributed by atoms with Crippen molar-refractivity contribution in [3.63, 3.8) is 0 Å². The highest BCUT2D eigenvalue weighted by Gasteiger charge is 2.34. The zero-order valence-electron chi connectivity index (χ0n) is 22.8. The standard InChI is InChI=1S/C29H44N4O2/c1-18(28(3,4)5)30-13-20-22-15-32-17-33(24(22)9-11-26(20)34)16-23-21(27(35)12-10-25(23)32)14-31-19(2)29(6,7)8/h9-12,18-19,30-31,34-35H,13-17H2,1-8H3. The van der Waals surface area contributed by atoms with Crippen LogP contribution >= 0.6 is 0 Å². The maximum Gasteiger partial charge on any atom is 0.120 e. The first-order chi connectivity index (χ1) is 16.3. The van der Waals surface area contributed by atoms with Gasteiger partial charge in [-0.3, -0.25) is 0 Å². The fourth-order valence-electron chi connectivity index (χ4n) is 4.81. The molecule has 2 bridgehead atoms. The van der Waals surface area contributed by atoms with Gasteiger partial charge in [-0.2, -0.15) is 0 Å². The molecule has 2 atom stereocenters. The van der Waals surface area contributed by atoms with Gasteiger partial charge in [0.05, 0.1) is 6.67 Å². The molecule has 6 nitrogen and oxygen atoms in total. The number of nitrogens with zero attached hydrogens (tertiary/aromatic N) is 2. The molecule has 2 aromatic rings. The molecule has 0 amide bonds. The van der Waals surface area contributed by atoms with Crippen molar-refractivity contribution in [2.45, 2.75) is 93.7 Å². The summed E-state index contributed by atoms with van der Waals surface area (Å²) in [6.07, 6.45) is 0. The molecule has 192 valence electrons. The first-order valence-electron chi connectivity index (χ1n) is 12.9. The second kappa shape index (κ2) is 9.21. The Morgan fingerprint density at radius 3 is 1.43 bits per heavy atom. The molecule has 4 rings (SSSR count). The topological polar surface area (TPSA) is 71.0 Å². The molecule has 0 radical (unpaired) electrons. The molecule has 2 aliphatic rings. The maximum absolute atomic E-state index is 10.8. The van der Waals surface area contributed by atoms with E-state index in [1.165, 1.54) is 22.5 Å². The van der Waals surface area contributed by atoms with E-state index >= 15 is 0 Å². The van der Waals surface area contributed by atoms with E-state index in [1.807, 2.05) is 24.3 Å². The normalized spacial score (nSPS) is 17.1.